The zero-order valence-corrected chi connectivity index (χ0v) is 13.6. The van der Waals surface area contributed by atoms with Gasteiger partial charge in [-0.05, 0) is 14.1 Å². The summed E-state index contributed by atoms with van der Waals surface area (Å²) in [6.45, 7) is 1.60. The third-order valence-electron chi connectivity index (χ3n) is 3.46. The molecule has 2 heterocycles. The Balaban J connectivity index is 2.49. The molecule has 0 saturated carbocycles. The Hall–Kier alpha value is -2.38. The largest absolute Gasteiger partial charge is 0.509 e. The molecule has 0 spiro atoms. The Kier molecular flexibility index (Phi) is 5.58. The second kappa shape index (κ2) is 7.46. The molecule has 1 saturated heterocycles. The van der Waals surface area contributed by atoms with Crippen LogP contribution in [0.25, 0.3) is 0 Å². The summed E-state index contributed by atoms with van der Waals surface area (Å²) in [5.74, 6) is -0.350. The molecular formula is C11H19N7O6. The van der Waals surface area contributed by atoms with Crippen molar-refractivity contribution in [3.05, 3.63) is 20.2 Å². The lowest BCUT2D eigenvalue weighted by Crippen LogP contribution is -2.64. The third-order valence-corrected chi connectivity index (χ3v) is 3.46. The number of hydrogen-bond acceptors (Lipinski definition) is 11. The van der Waals surface area contributed by atoms with E-state index < -0.39 is 22.3 Å². The topological polar surface area (TPSA) is 139 Å². The standard InChI is InChI=1S/C11H19N7O6/c1-14(2)11-13-10(23-3)12-8(9(17(19)20)18(21)22)16(11)15-4-6-24-7-5-15/h9,11H,4-7H2,1-3H3. The van der Waals surface area contributed by atoms with Gasteiger partial charge in [0.25, 0.3) is 5.84 Å². The van der Waals surface area contributed by atoms with E-state index in [9.17, 15) is 20.2 Å². The lowest BCUT2D eigenvalue weighted by Gasteiger charge is -2.44. The summed E-state index contributed by atoms with van der Waals surface area (Å²) >= 11 is 0. The van der Waals surface area contributed by atoms with Crippen LogP contribution >= 0.6 is 0 Å². The van der Waals surface area contributed by atoms with Crippen LogP contribution in [0.3, 0.4) is 0 Å². The van der Waals surface area contributed by atoms with Crippen molar-refractivity contribution in [3.8, 4) is 0 Å². The average Bonchev–Trinajstić information content (AvgIpc) is 2.54. The van der Waals surface area contributed by atoms with E-state index >= 15 is 0 Å². The number of nitro groups is 2. The zero-order valence-electron chi connectivity index (χ0n) is 13.6. The van der Waals surface area contributed by atoms with Gasteiger partial charge in [-0.3, -0.25) is 25.1 Å². The maximum absolute atomic E-state index is 11.3. The fourth-order valence-electron chi connectivity index (χ4n) is 2.38. The molecule has 0 aromatic heterocycles. The van der Waals surface area contributed by atoms with Gasteiger partial charge < -0.3 is 9.47 Å². The van der Waals surface area contributed by atoms with Crippen LogP contribution in [0.4, 0.5) is 0 Å². The Labute approximate surface area is 137 Å². The molecule has 0 bridgehead atoms. The molecule has 2 aliphatic heterocycles. The molecule has 0 aliphatic carbocycles. The number of methoxy groups -OCH3 is 1. The van der Waals surface area contributed by atoms with Crippen molar-refractivity contribution in [2.45, 2.75) is 12.5 Å². The predicted octanol–water partition coefficient (Wildman–Crippen LogP) is -1.33. The molecule has 24 heavy (non-hydrogen) atoms. The van der Waals surface area contributed by atoms with Crippen LogP contribution in [0.2, 0.25) is 0 Å². The first-order chi connectivity index (χ1) is 11.4. The van der Waals surface area contributed by atoms with Gasteiger partial charge in [0.15, 0.2) is 6.29 Å². The number of hydrogen-bond donors (Lipinski definition) is 0. The second-order valence-corrected chi connectivity index (χ2v) is 5.25. The van der Waals surface area contributed by atoms with Crippen LogP contribution in [0.15, 0.2) is 9.98 Å². The van der Waals surface area contributed by atoms with Gasteiger partial charge in [0, 0.05) is 13.1 Å². The van der Waals surface area contributed by atoms with Crippen molar-refractivity contribution in [1.82, 2.24) is 14.9 Å². The Morgan fingerprint density at radius 3 is 2.33 bits per heavy atom. The first-order valence-corrected chi connectivity index (χ1v) is 7.12. The molecule has 134 valence electrons. The minimum Gasteiger partial charge on any atom is -0.467 e. The highest BCUT2D eigenvalue weighted by Gasteiger charge is 2.49. The number of morpholine rings is 1. The Morgan fingerprint density at radius 1 is 1.29 bits per heavy atom. The second-order valence-electron chi connectivity index (χ2n) is 5.25. The van der Waals surface area contributed by atoms with Crippen LogP contribution in [0.5, 0.6) is 0 Å². The summed E-state index contributed by atoms with van der Waals surface area (Å²) in [6.07, 6.45) is -2.98. The number of rotatable bonds is 5. The van der Waals surface area contributed by atoms with Crippen LogP contribution < -0.4 is 0 Å². The first kappa shape index (κ1) is 18.0. The molecule has 0 N–H and O–H groups in total. The maximum atomic E-state index is 11.3. The van der Waals surface area contributed by atoms with Gasteiger partial charge in [-0.1, -0.05) is 0 Å². The summed E-state index contributed by atoms with van der Waals surface area (Å²) in [5.41, 5.74) is 0. The third kappa shape index (κ3) is 3.58. The van der Waals surface area contributed by atoms with Crippen LogP contribution in [-0.2, 0) is 9.47 Å². The van der Waals surface area contributed by atoms with Crippen LogP contribution in [0, 0.1) is 20.2 Å². The number of ether oxygens (including phenoxy) is 2. The summed E-state index contributed by atoms with van der Waals surface area (Å²) in [5, 5.41) is 25.6. The van der Waals surface area contributed by atoms with Crippen molar-refractivity contribution in [2.24, 2.45) is 9.98 Å². The van der Waals surface area contributed by atoms with Gasteiger partial charge in [-0.25, -0.2) is 10.0 Å². The zero-order chi connectivity index (χ0) is 17.9. The maximum Gasteiger partial charge on any atom is 0.509 e. The normalized spacial score (nSPS) is 22.4. The number of nitrogens with zero attached hydrogens (tertiary/aromatic N) is 7. The number of amidine groups is 2. The molecule has 2 aliphatic rings. The molecule has 1 atom stereocenters. The van der Waals surface area contributed by atoms with Crippen molar-refractivity contribution in [3.63, 3.8) is 0 Å². The van der Waals surface area contributed by atoms with Crippen LogP contribution in [-0.4, -0.2) is 96.6 Å². The van der Waals surface area contributed by atoms with Gasteiger partial charge in [-0.15, -0.1) is 0 Å². The highest BCUT2D eigenvalue weighted by atomic mass is 16.7. The predicted molar refractivity (Wildman–Crippen MR) is 81.4 cm³/mol. The minimum absolute atomic E-state index is 0.151. The summed E-state index contributed by atoms with van der Waals surface area (Å²) < 4.78 is 10.2. The fraction of sp³-hybridized carbons (Fsp3) is 0.818. The lowest BCUT2D eigenvalue weighted by molar-refractivity contribution is -0.721. The van der Waals surface area contributed by atoms with E-state index in [1.807, 2.05) is 0 Å². The van der Waals surface area contributed by atoms with Gasteiger partial charge in [-0.2, -0.15) is 9.98 Å². The SMILES string of the molecule is COC1=NC(N(C)C)N(N2CCOCC2)C(C([N+](=O)[O-])[N+](=O)[O-])=N1. The van der Waals surface area contributed by atoms with Crippen molar-refractivity contribution >= 4 is 11.9 Å². The Morgan fingerprint density at radius 2 is 1.88 bits per heavy atom. The van der Waals surface area contributed by atoms with E-state index in [0.717, 1.165) is 0 Å². The molecule has 0 aromatic carbocycles. The van der Waals surface area contributed by atoms with E-state index in [1.54, 1.807) is 24.0 Å². The molecule has 2 rings (SSSR count). The van der Waals surface area contributed by atoms with E-state index in [2.05, 4.69) is 9.98 Å². The quantitative estimate of drug-likeness (QED) is 0.337. The van der Waals surface area contributed by atoms with E-state index in [1.165, 1.54) is 12.1 Å². The lowest BCUT2D eigenvalue weighted by atomic mass is 10.3. The molecule has 13 nitrogen and oxygen atoms in total. The van der Waals surface area contributed by atoms with Gasteiger partial charge >= 0.3 is 12.2 Å². The Bertz CT molecular complexity index is 545. The average molecular weight is 345 g/mol. The number of aliphatic imine (C=N–C) groups is 2. The molecular weight excluding hydrogens is 326 g/mol. The molecule has 1 unspecified atom stereocenters. The minimum atomic E-state index is -2.23. The highest BCUT2D eigenvalue weighted by molar-refractivity contribution is 5.96. The smallest absolute Gasteiger partial charge is 0.467 e. The monoisotopic (exact) mass is 345 g/mol. The first-order valence-electron chi connectivity index (χ1n) is 7.12. The highest BCUT2D eigenvalue weighted by Crippen LogP contribution is 2.20. The van der Waals surface area contributed by atoms with Crippen molar-refractivity contribution in [1.29, 1.82) is 0 Å². The van der Waals surface area contributed by atoms with Crippen molar-refractivity contribution in [2.75, 3.05) is 47.5 Å². The fourth-order valence-corrected chi connectivity index (χ4v) is 2.38. The molecule has 0 radical (unpaired) electrons. The van der Waals surface area contributed by atoms with E-state index in [-0.39, 0.29) is 11.9 Å². The van der Waals surface area contributed by atoms with Crippen molar-refractivity contribution < 1.29 is 19.3 Å². The molecule has 0 amide bonds. The summed E-state index contributed by atoms with van der Waals surface area (Å²) in [6, 6.07) is -0.151. The molecule has 1 fully saturated rings. The molecule has 0 aromatic rings. The molecule has 13 heteroatoms. The van der Waals surface area contributed by atoms with Crippen LogP contribution in [0.1, 0.15) is 0 Å². The van der Waals surface area contributed by atoms with E-state index in [0.29, 0.717) is 26.3 Å². The van der Waals surface area contributed by atoms with E-state index in [4.69, 9.17) is 9.47 Å². The number of hydrazine groups is 1. The summed E-state index contributed by atoms with van der Waals surface area (Å²) in [4.78, 5) is 30.3. The summed E-state index contributed by atoms with van der Waals surface area (Å²) in [7, 11) is 4.70. The van der Waals surface area contributed by atoms with Gasteiger partial charge in [0.2, 0.25) is 0 Å². The van der Waals surface area contributed by atoms with Gasteiger partial charge in [0.05, 0.1) is 20.3 Å². The van der Waals surface area contributed by atoms with Gasteiger partial charge in [0.1, 0.15) is 9.85 Å².